The zero-order valence-corrected chi connectivity index (χ0v) is 17.5. The molecular formula is C21H18Cl2N4O3. The number of aromatic amines is 1. The lowest BCUT2D eigenvalue weighted by molar-refractivity contribution is 0.0600. The molecule has 2 heterocycles. The third-order valence-corrected chi connectivity index (χ3v) is 5.85. The number of amides is 2. The van der Waals surface area contributed by atoms with Crippen molar-refractivity contribution in [2.45, 2.75) is 12.5 Å². The van der Waals surface area contributed by atoms with E-state index in [1.165, 1.54) is 7.11 Å². The number of H-pyrrole nitrogens is 1. The highest BCUT2D eigenvalue weighted by atomic mass is 35.5. The average molecular weight is 445 g/mol. The van der Waals surface area contributed by atoms with E-state index in [-0.39, 0.29) is 6.03 Å². The van der Waals surface area contributed by atoms with E-state index >= 15 is 0 Å². The summed E-state index contributed by atoms with van der Waals surface area (Å²) in [7, 11) is 1.32. The van der Waals surface area contributed by atoms with Gasteiger partial charge in [-0.1, -0.05) is 35.3 Å². The number of rotatable bonds is 3. The second kappa shape index (κ2) is 8.38. The van der Waals surface area contributed by atoms with Crippen LogP contribution < -0.4 is 5.32 Å². The van der Waals surface area contributed by atoms with Crippen molar-refractivity contribution in [2.24, 2.45) is 0 Å². The number of benzene rings is 2. The van der Waals surface area contributed by atoms with Gasteiger partial charge in [0, 0.05) is 29.9 Å². The fraction of sp³-hybridized carbons (Fsp3) is 0.190. The third-order valence-electron chi connectivity index (χ3n) is 5.02. The van der Waals surface area contributed by atoms with E-state index in [2.05, 4.69) is 15.3 Å². The molecule has 2 amide bonds. The predicted octanol–water partition coefficient (Wildman–Crippen LogP) is 4.68. The molecule has 1 aliphatic heterocycles. The molecule has 0 fully saturated rings. The predicted molar refractivity (Wildman–Crippen MR) is 114 cm³/mol. The maximum atomic E-state index is 13.2. The zero-order chi connectivity index (χ0) is 21.3. The van der Waals surface area contributed by atoms with Crippen molar-refractivity contribution < 1.29 is 14.3 Å². The molecule has 0 aliphatic carbocycles. The van der Waals surface area contributed by atoms with E-state index in [1.807, 2.05) is 6.07 Å². The Hall–Kier alpha value is -3.03. The molecule has 1 atom stereocenters. The number of carbonyl (C=O) groups is 2. The van der Waals surface area contributed by atoms with Gasteiger partial charge in [-0.3, -0.25) is 0 Å². The molecule has 7 nitrogen and oxygen atoms in total. The van der Waals surface area contributed by atoms with E-state index in [0.717, 1.165) is 11.4 Å². The van der Waals surface area contributed by atoms with E-state index < -0.39 is 12.0 Å². The number of nitrogens with one attached hydrogen (secondary N) is 2. The van der Waals surface area contributed by atoms with Crippen LogP contribution in [0.5, 0.6) is 0 Å². The SMILES string of the molecule is COC(=O)c1ccc(NC(=O)N2CCc3[nH]cnc3[C@H]2c2cccc(Cl)c2Cl)cc1. The molecule has 154 valence electrons. The Balaban J connectivity index is 1.64. The minimum atomic E-state index is -0.486. The molecule has 0 saturated heterocycles. The number of halogens is 2. The molecule has 0 radical (unpaired) electrons. The lowest BCUT2D eigenvalue weighted by Gasteiger charge is -2.35. The molecule has 0 bridgehead atoms. The Morgan fingerprint density at radius 2 is 1.97 bits per heavy atom. The number of hydrogen-bond acceptors (Lipinski definition) is 4. The monoisotopic (exact) mass is 444 g/mol. The van der Waals surface area contributed by atoms with Crippen molar-refractivity contribution in [3.05, 3.63) is 81.4 Å². The molecule has 3 aromatic rings. The van der Waals surface area contributed by atoms with Crippen molar-refractivity contribution in [1.29, 1.82) is 0 Å². The first-order valence-corrected chi connectivity index (χ1v) is 9.97. The van der Waals surface area contributed by atoms with Gasteiger partial charge in [0.15, 0.2) is 0 Å². The number of esters is 1. The number of hydrogen-bond donors (Lipinski definition) is 2. The minimum Gasteiger partial charge on any atom is -0.465 e. The van der Waals surface area contributed by atoms with E-state index in [1.54, 1.807) is 47.6 Å². The van der Waals surface area contributed by atoms with E-state index in [9.17, 15) is 9.59 Å². The lowest BCUT2D eigenvalue weighted by Crippen LogP contribution is -2.43. The summed E-state index contributed by atoms with van der Waals surface area (Å²) in [5.41, 5.74) is 3.35. The molecule has 30 heavy (non-hydrogen) atoms. The van der Waals surface area contributed by atoms with Crippen LogP contribution in [-0.2, 0) is 11.2 Å². The van der Waals surface area contributed by atoms with Gasteiger partial charge >= 0.3 is 12.0 Å². The van der Waals surface area contributed by atoms with Gasteiger partial charge in [-0.25, -0.2) is 14.6 Å². The number of fused-ring (bicyclic) bond motifs is 1. The summed E-state index contributed by atoms with van der Waals surface area (Å²) < 4.78 is 4.69. The molecule has 9 heteroatoms. The molecule has 2 aromatic carbocycles. The summed E-state index contributed by atoms with van der Waals surface area (Å²) >= 11 is 12.7. The van der Waals surface area contributed by atoms with Crippen molar-refractivity contribution in [3.8, 4) is 0 Å². The molecule has 1 aromatic heterocycles. The standard InChI is InChI=1S/C21H18Cl2N4O3/c1-30-20(28)12-5-7-13(8-6-12)26-21(29)27-10-9-16-18(25-11-24-16)19(27)14-3-2-4-15(22)17(14)23/h2-8,11,19H,9-10H2,1H3,(H,24,25)(H,26,29)/t19-/m1/s1. The van der Waals surface area contributed by atoms with Gasteiger partial charge in [-0.15, -0.1) is 0 Å². The van der Waals surface area contributed by atoms with E-state index in [4.69, 9.17) is 27.9 Å². The second-order valence-electron chi connectivity index (χ2n) is 6.75. The average Bonchev–Trinajstić information content (AvgIpc) is 3.24. The molecule has 2 N–H and O–H groups in total. The van der Waals surface area contributed by atoms with Crippen LogP contribution >= 0.6 is 23.2 Å². The normalized spacial score (nSPS) is 15.4. The summed E-state index contributed by atoms with van der Waals surface area (Å²) in [4.78, 5) is 34.0. The quantitative estimate of drug-likeness (QED) is 0.573. The van der Waals surface area contributed by atoms with Crippen molar-refractivity contribution >= 4 is 40.9 Å². The van der Waals surface area contributed by atoms with Crippen LogP contribution in [0.3, 0.4) is 0 Å². The van der Waals surface area contributed by atoms with Crippen LogP contribution in [0.2, 0.25) is 10.0 Å². The van der Waals surface area contributed by atoms with Gasteiger partial charge in [-0.05, 0) is 30.3 Å². The number of nitrogens with zero attached hydrogens (tertiary/aromatic N) is 2. The number of imidazole rings is 1. The third kappa shape index (κ3) is 3.74. The largest absolute Gasteiger partial charge is 0.465 e. The Morgan fingerprint density at radius 3 is 2.70 bits per heavy atom. The highest BCUT2D eigenvalue weighted by Gasteiger charge is 2.35. The molecule has 4 rings (SSSR count). The first kappa shape index (κ1) is 20.3. The van der Waals surface area contributed by atoms with Crippen LogP contribution in [0.15, 0.2) is 48.8 Å². The first-order valence-electron chi connectivity index (χ1n) is 9.21. The van der Waals surface area contributed by atoms with Gasteiger partial charge in [-0.2, -0.15) is 0 Å². The molecule has 0 saturated carbocycles. The lowest BCUT2D eigenvalue weighted by atomic mass is 9.96. The Morgan fingerprint density at radius 1 is 1.20 bits per heavy atom. The van der Waals surface area contributed by atoms with Crippen LogP contribution in [-0.4, -0.2) is 40.5 Å². The van der Waals surface area contributed by atoms with E-state index in [0.29, 0.717) is 39.8 Å². The number of carbonyl (C=O) groups excluding carboxylic acids is 2. The summed E-state index contributed by atoms with van der Waals surface area (Å²) in [6.07, 6.45) is 2.25. The fourth-order valence-corrected chi connectivity index (χ4v) is 3.96. The highest BCUT2D eigenvalue weighted by molar-refractivity contribution is 6.42. The number of aromatic nitrogens is 2. The summed E-state index contributed by atoms with van der Waals surface area (Å²) in [5.74, 6) is -0.439. The van der Waals surface area contributed by atoms with Crippen LogP contribution in [0.25, 0.3) is 0 Å². The minimum absolute atomic E-state index is 0.310. The smallest absolute Gasteiger partial charge is 0.337 e. The summed E-state index contributed by atoms with van der Waals surface area (Å²) in [6, 6.07) is 11.0. The van der Waals surface area contributed by atoms with Gasteiger partial charge in [0.25, 0.3) is 0 Å². The van der Waals surface area contributed by atoms with Gasteiger partial charge in [0.1, 0.15) is 6.04 Å². The van der Waals surface area contributed by atoms with Crippen LogP contribution in [0.4, 0.5) is 10.5 Å². The molecule has 1 aliphatic rings. The highest BCUT2D eigenvalue weighted by Crippen LogP contribution is 2.39. The topological polar surface area (TPSA) is 87.3 Å². The Kier molecular flexibility index (Phi) is 5.65. The fourth-order valence-electron chi connectivity index (χ4n) is 3.54. The number of anilines is 1. The number of methoxy groups -OCH3 is 1. The number of urea groups is 1. The molecule has 0 spiro atoms. The summed E-state index contributed by atoms with van der Waals surface area (Å²) in [5, 5.41) is 3.68. The van der Waals surface area contributed by atoms with Crippen molar-refractivity contribution in [1.82, 2.24) is 14.9 Å². The van der Waals surface area contributed by atoms with Crippen LogP contribution in [0, 0.1) is 0 Å². The Bertz CT molecular complexity index is 1100. The first-order chi connectivity index (χ1) is 14.5. The van der Waals surface area contributed by atoms with Gasteiger partial charge in [0.2, 0.25) is 0 Å². The molecule has 0 unspecified atom stereocenters. The summed E-state index contributed by atoms with van der Waals surface area (Å²) in [6.45, 7) is 0.467. The van der Waals surface area contributed by atoms with Gasteiger partial charge < -0.3 is 19.9 Å². The molecular weight excluding hydrogens is 427 g/mol. The second-order valence-corrected chi connectivity index (χ2v) is 7.54. The van der Waals surface area contributed by atoms with Crippen molar-refractivity contribution in [3.63, 3.8) is 0 Å². The number of ether oxygens (including phenoxy) is 1. The maximum Gasteiger partial charge on any atom is 0.337 e. The Labute approximate surface area is 183 Å². The maximum absolute atomic E-state index is 13.2. The zero-order valence-electron chi connectivity index (χ0n) is 16.0. The van der Waals surface area contributed by atoms with Crippen molar-refractivity contribution in [2.75, 3.05) is 19.0 Å². The van der Waals surface area contributed by atoms with Crippen LogP contribution in [0.1, 0.15) is 33.4 Å². The van der Waals surface area contributed by atoms with Gasteiger partial charge in [0.05, 0.1) is 34.7 Å².